The molecule has 4 rings (SSSR count). The van der Waals surface area contributed by atoms with Gasteiger partial charge >= 0.3 is 24.3 Å². The molecular weight excluding hydrogens is 470 g/mol. The largest absolute Gasteiger partial charge is 0.465 e. The summed E-state index contributed by atoms with van der Waals surface area (Å²) in [6, 6.07) is 0. The molecule has 0 aromatic rings. The van der Waals surface area contributed by atoms with Gasteiger partial charge in [0.2, 0.25) is 0 Å². The van der Waals surface area contributed by atoms with Gasteiger partial charge in [0.25, 0.3) is 5.60 Å². The second kappa shape index (κ2) is 8.41. The third-order valence-electron chi connectivity index (χ3n) is 8.53. The van der Waals surface area contributed by atoms with Crippen LogP contribution in [0, 0.1) is 41.4 Å². The third kappa shape index (κ3) is 4.01. The zero-order valence-electron chi connectivity index (χ0n) is 18.6. The molecule has 4 saturated carbocycles. The lowest BCUT2D eigenvalue weighted by atomic mass is 9.67. The van der Waals surface area contributed by atoms with E-state index in [1.54, 1.807) is 6.92 Å². The molecule has 0 aromatic carbocycles. The van der Waals surface area contributed by atoms with Crippen LogP contribution in [0.3, 0.4) is 0 Å². The van der Waals surface area contributed by atoms with Crippen molar-refractivity contribution in [2.24, 2.45) is 41.4 Å². The average Bonchev–Trinajstić information content (AvgIpc) is 3.47. The highest BCUT2D eigenvalue weighted by Gasteiger charge is 2.70. The van der Waals surface area contributed by atoms with Crippen molar-refractivity contribution < 1.29 is 50.5 Å². The maximum absolute atomic E-state index is 12.8. The van der Waals surface area contributed by atoms with E-state index in [0.717, 1.165) is 19.3 Å². The minimum absolute atomic E-state index is 0.00566. The van der Waals surface area contributed by atoms with Crippen LogP contribution in [-0.2, 0) is 19.1 Å². The number of hydrogen-bond acceptors (Lipinski definition) is 5. The molecule has 0 aliphatic heterocycles. The molecule has 4 aliphatic rings. The molecule has 1 N–H and O–H groups in total. The fourth-order valence-electron chi connectivity index (χ4n) is 7.24. The van der Waals surface area contributed by atoms with Crippen LogP contribution in [0.5, 0.6) is 0 Å². The number of alkyl halides is 6. The normalized spacial score (nSPS) is 36.5. The monoisotopic (exact) mass is 498 g/mol. The number of fused-ring (bicyclic) bond motifs is 9. The van der Waals surface area contributed by atoms with Crippen LogP contribution in [0.1, 0.15) is 45.4 Å². The summed E-state index contributed by atoms with van der Waals surface area (Å²) in [6.45, 7) is 4.54. The number of halogens is 6. The molecule has 11 heteroatoms. The van der Waals surface area contributed by atoms with Gasteiger partial charge < -0.3 is 14.6 Å². The molecule has 8 unspecified atom stereocenters. The van der Waals surface area contributed by atoms with Gasteiger partial charge in [0.1, 0.15) is 6.10 Å². The standard InChI is InChI=1S/C23H28F6O5/c1-10(2)19(30)34-16-9-12-8-15(16)18-13-6-11(17(12)18)7-14(13)20(31)33-5-3-4-21(32,22(24,25)26)23(27,28)29/h11-18,32H,1,3-9H2,2H3. The number of ether oxygens (including phenoxy) is 2. The Labute approximate surface area is 192 Å². The summed E-state index contributed by atoms with van der Waals surface area (Å²) in [5.41, 5.74) is -4.53. The first-order chi connectivity index (χ1) is 15.7. The predicted molar refractivity (Wildman–Crippen MR) is 105 cm³/mol. The zero-order valence-corrected chi connectivity index (χ0v) is 18.6. The highest BCUT2D eigenvalue weighted by atomic mass is 19.4. The smallest absolute Gasteiger partial charge is 0.426 e. The summed E-state index contributed by atoms with van der Waals surface area (Å²) in [5, 5.41) is 9.20. The lowest BCUT2D eigenvalue weighted by Gasteiger charge is -2.40. The maximum Gasteiger partial charge on any atom is 0.426 e. The summed E-state index contributed by atoms with van der Waals surface area (Å²) in [5.74, 6) is 0.00701. The third-order valence-corrected chi connectivity index (χ3v) is 8.53. The minimum Gasteiger partial charge on any atom is -0.465 e. The fourth-order valence-corrected chi connectivity index (χ4v) is 7.24. The van der Waals surface area contributed by atoms with Crippen molar-refractivity contribution in [2.75, 3.05) is 6.61 Å². The van der Waals surface area contributed by atoms with E-state index < -0.39 is 55.3 Å². The van der Waals surface area contributed by atoms with E-state index in [9.17, 15) is 41.0 Å². The highest BCUT2D eigenvalue weighted by Crippen LogP contribution is 2.69. The van der Waals surface area contributed by atoms with Crippen molar-refractivity contribution in [1.82, 2.24) is 0 Å². The lowest BCUT2D eigenvalue weighted by molar-refractivity contribution is -0.370. The highest BCUT2D eigenvalue weighted by molar-refractivity contribution is 5.87. The Bertz CT molecular complexity index is 838. The van der Waals surface area contributed by atoms with E-state index >= 15 is 0 Å². The number of carbonyl (C=O) groups is 2. The molecule has 34 heavy (non-hydrogen) atoms. The summed E-state index contributed by atoms with van der Waals surface area (Å²) >= 11 is 0. The van der Waals surface area contributed by atoms with Crippen LogP contribution in [0.15, 0.2) is 12.2 Å². The van der Waals surface area contributed by atoms with Crippen molar-refractivity contribution in [3.63, 3.8) is 0 Å². The molecule has 0 saturated heterocycles. The van der Waals surface area contributed by atoms with Crippen LogP contribution >= 0.6 is 0 Å². The summed E-state index contributed by atoms with van der Waals surface area (Å²) < 4.78 is 87.3. The van der Waals surface area contributed by atoms with Crippen molar-refractivity contribution in [2.45, 2.75) is 69.5 Å². The molecule has 0 heterocycles. The van der Waals surface area contributed by atoms with Gasteiger partial charge in [0, 0.05) is 5.57 Å². The van der Waals surface area contributed by atoms with Crippen molar-refractivity contribution in [1.29, 1.82) is 0 Å². The lowest BCUT2D eigenvalue weighted by Crippen LogP contribution is -2.56. The summed E-state index contributed by atoms with van der Waals surface area (Å²) in [4.78, 5) is 24.7. The fraction of sp³-hybridized carbons (Fsp3) is 0.826. The summed E-state index contributed by atoms with van der Waals surface area (Å²) in [6.07, 6.45) is -11.3. The first-order valence-electron chi connectivity index (χ1n) is 11.5. The van der Waals surface area contributed by atoms with Gasteiger partial charge in [-0.3, -0.25) is 4.79 Å². The zero-order chi connectivity index (χ0) is 25.2. The van der Waals surface area contributed by atoms with E-state index in [0.29, 0.717) is 29.7 Å². The predicted octanol–water partition coefficient (Wildman–Crippen LogP) is 4.58. The van der Waals surface area contributed by atoms with Gasteiger partial charge in [-0.15, -0.1) is 0 Å². The van der Waals surface area contributed by atoms with Crippen molar-refractivity contribution in [3.8, 4) is 0 Å². The molecule has 5 nitrogen and oxygen atoms in total. The van der Waals surface area contributed by atoms with E-state index in [1.807, 2.05) is 0 Å². The quantitative estimate of drug-likeness (QED) is 0.183. The maximum atomic E-state index is 12.8. The first-order valence-corrected chi connectivity index (χ1v) is 11.5. The Hall–Kier alpha value is -1.78. The molecular formula is C23H28F6O5. The molecule has 8 atom stereocenters. The second-order valence-electron chi connectivity index (χ2n) is 10.4. The van der Waals surface area contributed by atoms with E-state index in [1.165, 1.54) is 0 Å². The Morgan fingerprint density at radius 1 is 0.941 bits per heavy atom. The Kier molecular flexibility index (Phi) is 6.26. The van der Waals surface area contributed by atoms with Gasteiger partial charge in [0.15, 0.2) is 0 Å². The van der Waals surface area contributed by atoms with E-state index in [4.69, 9.17) is 9.47 Å². The number of hydrogen-bond donors (Lipinski definition) is 1. The summed E-state index contributed by atoms with van der Waals surface area (Å²) in [7, 11) is 0. The molecule has 4 aliphatic carbocycles. The van der Waals surface area contributed by atoms with Crippen LogP contribution in [0.2, 0.25) is 0 Å². The first kappa shape index (κ1) is 25.3. The number of carbonyl (C=O) groups excluding carboxylic acids is 2. The molecule has 0 amide bonds. The SMILES string of the molecule is C=C(C)C(=O)OC1CC2CC1C1C3CC(CC3C(=O)OCCCC(O)(C(F)(F)F)C(F)(F)F)C21. The number of rotatable bonds is 7. The molecule has 192 valence electrons. The Balaban J connectivity index is 1.32. The Morgan fingerprint density at radius 2 is 1.53 bits per heavy atom. The second-order valence-corrected chi connectivity index (χ2v) is 10.4. The minimum atomic E-state index is -5.89. The van der Waals surface area contributed by atoms with Crippen LogP contribution in [0.4, 0.5) is 26.3 Å². The van der Waals surface area contributed by atoms with Crippen LogP contribution in [-0.4, -0.2) is 47.7 Å². The van der Waals surface area contributed by atoms with Gasteiger partial charge in [-0.25, -0.2) is 4.79 Å². The Morgan fingerprint density at radius 3 is 2.12 bits per heavy atom. The van der Waals surface area contributed by atoms with Crippen LogP contribution in [0.25, 0.3) is 0 Å². The van der Waals surface area contributed by atoms with E-state index in [-0.39, 0.29) is 23.9 Å². The van der Waals surface area contributed by atoms with Crippen molar-refractivity contribution >= 4 is 11.9 Å². The molecule has 0 aromatic heterocycles. The van der Waals surface area contributed by atoms with Crippen LogP contribution < -0.4 is 0 Å². The van der Waals surface area contributed by atoms with Gasteiger partial charge in [-0.05, 0) is 81.0 Å². The molecule has 4 fully saturated rings. The molecule has 0 radical (unpaired) electrons. The van der Waals surface area contributed by atoms with Gasteiger partial charge in [-0.2, -0.15) is 26.3 Å². The topological polar surface area (TPSA) is 72.8 Å². The molecule has 4 bridgehead atoms. The number of esters is 2. The van der Waals surface area contributed by atoms with Crippen molar-refractivity contribution in [3.05, 3.63) is 12.2 Å². The number of aliphatic hydroxyl groups is 1. The van der Waals surface area contributed by atoms with Gasteiger partial charge in [0.05, 0.1) is 12.5 Å². The van der Waals surface area contributed by atoms with E-state index in [2.05, 4.69) is 6.58 Å². The van der Waals surface area contributed by atoms with Gasteiger partial charge in [-0.1, -0.05) is 6.58 Å². The average molecular weight is 498 g/mol. The molecule has 0 spiro atoms.